The molecule has 24 heavy (non-hydrogen) atoms. The second-order valence-corrected chi connectivity index (χ2v) is 7.26. The van der Waals surface area contributed by atoms with Gasteiger partial charge in [-0.05, 0) is 44.2 Å². The van der Waals surface area contributed by atoms with E-state index in [1.807, 2.05) is 6.92 Å². The molecule has 2 aliphatic rings. The summed E-state index contributed by atoms with van der Waals surface area (Å²) in [6.45, 7) is 5.69. The summed E-state index contributed by atoms with van der Waals surface area (Å²) in [5, 5.41) is 9.04. The van der Waals surface area contributed by atoms with Gasteiger partial charge in [0.05, 0.1) is 23.6 Å². The Balaban J connectivity index is 1.38. The molecule has 2 aromatic heterocycles. The Bertz CT molecular complexity index is 800. The van der Waals surface area contributed by atoms with E-state index in [1.54, 1.807) is 16.8 Å². The van der Waals surface area contributed by atoms with Crippen LogP contribution in [0.15, 0.2) is 16.9 Å². The van der Waals surface area contributed by atoms with Gasteiger partial charge in [-0.2, -0.15) is 10.2 Å². The maximum Gasteiger partial charge on any atom is 0.266 e. The molecule has 0 N–H and O–H groups in total. The van der Waals surface area contributed by atoms with Crippen LogP contribution in [-0.2, 0) is 33.0 Å². The van der Waals surface area contributed by atoms with Crippen molar-refractivity contribution in [1.82, 2.24) is 24.5 Å². The summed E-state index contributed by atoms with van der Waals surface area (Å²) in [4.78, 5) is 14.3. The van der Waals surface area contributed by atoms with E-state index in [-0.39, 0.29) is 5.56 Å². The van der Waals surface area contributed by atoms with Gasteiger partial charge in [0.15, 0.2) is 0 Å². The first-order chi connectivity index (χ1) is 11.6. The molecule has 0 spiro atoms. The van der Waals surface area contributed by atoms with Gasteiger partial charge in [-0.25, -0.2) is 4.68 Å². The first-order valence-corrected chi connectivity index (χ1v) is 8.91. The second-order valence-electron chi connectivity index (χ2n) is 7.26. The summed E-state index contributed by atoms with van der Waals surface area (Å²) in [5.41, 5.74) is 5.08. The van der Waals surface area contributed by atoms with Crippen molar-refractivity contribution in [2.75, 3.05) is 13.1 Å². The standard InChI is InChI=1S/C18H25N5O/c1-13-7-8-18(24)23(19-13)11-14-9-22(10-14)12-17-15-5-3-4-6-16(15)20-21(17)2/h7-8,14H,3-6,9-12H2,1-2H3. The largest absolute Gasteiger partial charge is 0.297 e. The van der Waals surface area contributed by atoms with Crippen LogP contribution in [0.25, 0.3) is 0 Å². The number of hydrogen-bond acceptors (Lipinski definition) is 4. The van der Waals surface area contributed by atoms with Gasteiger partial charge in [0.25, 0.3) is 5.56 Å². The molecule has 0 atom stereocenters. The molecule has 1 saturated heterocycles. The average Bonchev–Trinajstić information content (AvgIpc) is 2.84. The molecule has 128 valence electrons. The number of fused-ring (bicyclic) bond motifs is 1. The summed E-state index contributed by atoms with van der Waals surface area (Å²) in [6.07, 6.45) is 4.87. The summed E-state index contributed by atoms with van der Waals surface area (Å²) >= 11 is 0. The van der Waals surface area contributed by atoms with Crippen molar-refractivity contribution in [3.63, 3.8) is 0 Å². The first-order valence-electron chi connectivity index (χ1n) is 8.91. The van der Waals surface area contributed by atoms with Crippen molar-refractivity contribution < 1.29 is 0 Å². The lowest BCUT2D eigenvalue weighted by Crippen LogP contribution is -2.49. The van der Waals surface area contributed by atoms with Crippen LogP contribution < -0.4 is 5.56 Å². The van der Waals surface area contributed by atoms with E-state index >= 15 is 0 Å². The van der Waals surface area contributed by atoms with E-state index in [2.05, 4.69) is 21.7 Å². The highest BCUT2D eigenvalue weighted by Crippen LogP contribution is 2.27. The third-order valence-corrected chi connectivity index (χ3v) is 5.29. The fraction of sp³-hybridized carbons (Fsp3) is 0.611. The van der Waals surface area contributed by atoms with E-state index in [0.29, 0.717) is 5.92 Å². The highest BCUT2D eigenvalue weighted by molar-refractivity contribution is 5.28. The van der Waals surface area contributed by atoms with Crippen LogP contribution in [0.1, 0.15) is 35.5 Å². The number of rotatable bonds is 4. The lowest BCUT2D eigenvalue weighted by molar-refractivity contribution is 0.0738. The quantitative estimate of drug-likeness (QED) is 0.849. The molecule has 0 bridgehead atoms. The number of aryl methyl sites for hydroxylation is 3. The third-order valence-electron chi connectivity index (χ3n) is 5.29. The first kappa shape index (κ1) is 15.6. The van der Waals surface area contributed by atoms with Crippen LogP contribution in [0.3, 0.4) is 0 Å². The lowest BCUT2D eigenvalue weighted by atomic mass is 9.94. The zero-order valence-corrected chi connectivity index (χ0v) is 14.5. The Morgan fingerprint density at radius 3 is 2.79 bits per heavy atom. The molecule has 0 amide bonds. The summed E-state index contributed by atoms with van der Waals surface area (Å²) in [6, 6.07) is 3.39. The molecule has 0 aromatic carbocycles. The van der Waals surface area contributed by atoms with Crippen molar-refractivity contribution in [3.8, 4) is 0 Å². The predicted octanol–water partition coefficient (Wildman–Crippen LogP) is 1.30. The molecule has 3 heterocycles. The van der Waals surface area contributed by atoms with Gasteiger partial charge >= 0.3 is 0 Å². The monoisotopic (exact) mass is 327 g/mol. The zero-order chi connectivity index (χ0) is 16.7. The summed E-state index contributed by atoms with van der Waals surface area (Å²) in [7, 11) is 2.07. The van der Waals surface area contributed by atoms with Gasteiger partial charge in [0.2, 0.25) is 0 Å². The molecule has 0 unspecified atom stereocenters. The van der Waals surface area contributed by atoms with Crippen LogP contribution in [-0.4, -0.2) is 37.6 Å². The van der Waals surface area contributed by atoms with Crippen LogP contribution in [0, 0.1) is 12.8 Å². The van der Waals surface area contributed by atoms with Gasteiger partial charge in [-0.1, -0.05) is 0 Å². The number of hydrogen-bond donors (Lipinski definition) is 0. The van der Waals surface area contributed by atoms with Gasteiger partial charge in [-0.3, -0.25) is 14.4 Å². The Morgan fingerprint density at radius 1 is 1.17 bits per heavy atom. The van der Waals surface area contributed by atoms with E-state index in [9.17, 15) is 4.79 Å². The zero-order valence-electron chi connectivity index (χ0n) is 14.5. The predicted molar refractivity (Wildman–Crippen MR) is 91.9 cm³/mol. The molecule has 6 heteroatoms. The van der Waals surface area contributed by atoms with Gasteiger partial charge < -0.3 is 0 Å². The van der Waals surface area contributed by atoms with Crippen LogP contribution >= 0.6 is 0 Å². The molecule has 6 nitrogen and oxygen atoms in total. The minimum absolute atomic E-state index is 0.000228. The van der Waals surface area contributed by atoms with E-state index in [0.717, 1.165) is 38.3 Å². The smallest absolute Gasteiger partial charge is 0.266 e. The molecule has 1 aliphatic carbocycles. The minimum atomic E-state index is -0.000228. The molecular formula is C18H25N5O. The fourth-order valence-corrected chi connectivity index (χ4v) is 4.00. The Labute approximate surface area is 142 Å². The Hall–Kier alpha value is -1.95. The normalized spacial score (nSPS) is 18.4. The fourth-order valence-electron chi connectivity index (χ4n) is 4.00. The lowest BCUT2D eigenvalue weighted by Gasteiger charge is -2.39. The maximum absolute atomic E-state index is 11.9. The number of likely N-dealkylation sites (tertiary alicyclic amines) is 1. The van der Waals surface area contributed by atoms with Crippen LogP contribution in [0.5, 0.6) is 0 Å². The Morgan fingerprint density at radius 2 is 1.96 bits per heavy atom. The highest BCUT2D eigenvalue weighted by atomic mass is 16.1. The van der Waals surface area contributed by atoms with Gasteiger partial charge in [-0.15, -0.1) is 0 Å². The van der Waals surface area contributed by atoms with Crippen molar-refractivity contribution >= 4 is 0 Å². The second kappa shape index (κ2) is 6.16. The van der Waals surface area contributed by atoms with E-state index in [4.69, 9.17) is 5.10 Å². The van der Waals surface area contributed by atoms with Crippen molar-refractivity contribution in [2.45, 2.75) is 45.7 Å². The minimum Gasteiger partial charge on any atom is -0.297 e. The van der Waals surface area contributed by atoms with Crippen LogP contribution in [0.4, 0.5) is 0 Å². The topological polar surface area (TPSA) is 56.0 Å². The number of nitrogens with zero attached hydrogens (tertiary/aromatic N) is 5. The van der Waals surface area contributed by atoms with Crippen LogP contribution in [0.2, 0.25) is 0 Å². The molecule has 0 saturated carbocycles. The molecule has 4 rings (SSSR count). The molecular weight excluding hydrogens is 302 g/mol. The van der Waals surface area contributed by atoms with E-state index < -0.39 is 0 Å². The van der Waals surface area contributed by atoms with Crippen molar-refractivity contribution in [2.24, 2.45) is 13.0 Å². The molecule has 1 fully saturated rings. The highest BCUT2D eigenvalue weighted by Gasteiger charge is 2.30. The summed E-state index contributed by atoms with van der Waals surface area (Å²) < 4.78 is 3.69. The molecule has 2 aromatic rings. The van der Waals surface area contributed by atoms with Crippen molar-refractivity contribution in [3.05, 3.63) is 45.1 Å². The maximum atomic E-state index is 11.9. The Kier molecular flexibility index (Phi) is 4.00. The number of aromatic nitrogens is 4. The summed E-state index contributed by atoms with van der Waals surface area (Å²) in [5.74, 6) is 0.515. The average molecular weight is 327 g/mol. The molecule has 1 aliphatic heterocycles. The van der Waals surface area contributed by atoms with Crippen molar-refractivity contribution in [1.29, 1.82) is 0 Å². The third kappa shape index (κ3) is 2.90. The molecule has 0 radical (unpaired) electrons. The SMILES string of the molecule is Cc1ccc(=O)n(CC2CN(Cc3c4c(nn3C)CCCC4)C2)n1. The van der Waals surface area contributed by atoms with Gasteiger partial charge in [0, 0.05) is 38.7 Å². The van der Waals surface area contributed by atoms with Gasteiger partial charge in [0.1, 0.15) is 0 Å². The van der Waals surface area contributed by atoms with E-state index in [1.165, 1.54) is 36.2 Å².